The molecule has 0 aromatic carbocycles. The molecule has 0 heterocycles. The Morgan fingerprint density at radius 1 is 1.35 bits per heavy atom. The molecule has 17 heavy (non-hydrogen) atoms. The van der Waals surface area contributed by atoms with Crippen LogP contribution in [0.3, 0.4) is 0 Å². The minimum atomic E-state index is -0.902. The summed E-state index contributed by atoms with van der Waals surface area (Å²) in [6, 6.07) is -0.881. The van der Waals surface area contributed by atoms with Gasteiger partial charge in [-0.15, -0.1) is 0 Å². The first-order chi connectivity index (χ1) is 7.92. The molecule has 0 rings (SSSR count). The van der Waals surface area contributed by atoms with Gasteiger partial charge in [-0.25, -0.2) is 0 Å². The molecule has 0 bridgehead atoms. The molecule has 0 aromatic rings. The van der Waals surface area contributed by atoms with Gasteiger partial charge in [-0.1, -0.05) is 33.6 Å². The summed E-state index contributed by atoms with van der Waals surface area (Å²) in [7, 11) is 0. The first-order valence-electron chi connectivity index (χ1n) is 6.20. The number of carbonyl (C=O) groups is 2. The summed E-state index contributed by atoms with van der Waals surface area (Å²) < 4.78 is 0. The van der Waals surface area contributed by atoms with E-state index in [4.69, 9.17) is 10.8 Å². The van der Waals surface area contributed by atoms with Crippen LogP contribution in [0.4, 0.5) is 0 Å². The fraction of sp³-hybridized carbons (Fsp3) is 0.833. The molecule has 0 saturated heterocycles. The molecule has 0 radical (unpaired) electrons. The Morgan fingerprint density at radius 3 is 2.35 bits per heavy atom. The third-order valence-corrected chi connectivity index (χ3v) is 2.96. The van der Waals surface area contributed by atoms with Crippen molar-refractivity contribution < 1.29 is 14.7 Å². The van der Waals surface area contributed by atoms with Gasteiger partial charge in [0, 0.05) is 6.04 Å². The monoisotopic (exact) mass is 244 g/mol. The van der Waals surface area contributed by atoms with Crippen LogP contribution >= 0.6 is 0 Å². The van der Waals surface area contributed by atoms with E-state index in [-0.39, 0.29) is 24.3 Å². The van der Waals surface area contributed by atoms with Crippen LogP contribution in [0.25, 0.3) is 0 Å². The van der Waals surface area contributed by atoms with Gasteiger partial charge in [0.1, 0.15) is 0 Å². The highest BCUT2D eigenvalue weighted by Crippen LogP contribution is 2.07. The minimum Gasteiger partial charge on any atom is -0.481 e. The van der Waals surface area contributed by atoms with Gasteiger partial charge in [-0.2, -0.15) is 0 Å². The van der Waals surface area contributed by atoms with Crippen LogP contribution in [-0.4, -0.2) is 29.1 Å². The van der Waals surface area contributed by atoms with Crippen molar-refractivity contribution in [3.8, 4) is 0 Å². The molecule has 0 saturated carbocycles. The van der Waals surface area contributed by atoms with Crippen LogP contribution in [0.2, 0.25) is 0 Å². The summed E-state index contributed by atoms with van der Waals surface area (Å²) in [5, 5.41) is 11.5. The maximum absolute atomic E-state index is 11.8. The number of nitrogens with two attached hydrogens (primary N) is 1. The zero-order valence-corrected chi connectivity index (χ0v) is 10.9. The molecule has 1 amide bonds. The molecule has 0 aliphatic heterocycles. The average molecular weight is 244 g/mol. The molecular formula is C12H24N2O3. The van der Waals surface area contributed by atoms with Gasteiger partial charge in [-0.05, 0) is 12.3 Å². The second-order valence-electron chi connectivity index (χ2n) is 4.50. The van der Waals surface area contributed by atoms with E-state index < -0.39 is 12.0 Å². The Labute approximate surface area is 103 Å². The van der Waals surface area contributed by atoms with Crippen molar-refractivity contribution in [2.75, 3.05) is 0 Å². The molecule has 3 atom stereocenters. The third-order valence-electron chi connectivity index (χ3n) is 2.96. The molecule has 0 fully saturated rings. The van der Waals surface area contributed by atoms with Gasteiger partial charge in [0.15, 0.2) is 0 Å². The Morgan fingerprint density at radius 2 is 1.94 bits per heavy atom. The Kier molecular flexibility index (Phi) is 7.54. The van der Waals surface area contributed by atoms with E-state index in [0.717, 1.165) is 12.8 Å². The minimum absolute atomic E-state index is 0.0488. The fourth-order valence-electron chi connectivity index (χ4n) is 1.59. The Balaban J connectivity index is 4.33. The second-order valence-corrected chi connectivity index (χ2v) is 4.50. The van der Waals surface area contributed by atoms with Crippen molar-refractivity contribution in [2.24, 2.45) is 11.7 Å². The molecule has 0 spiro atoms. The summed E-state index contributed by atoms with van der Waals surface area (Å²) >= 11 is 0. The summed E-state index contributed by atoms with van der Waals surface area (Å²) in [5.41, 5.74) is 5.79. The first-order valence-corrected chi connectivity index (χ1v) is 6.20. The number of hydrogen-bond acceptors (Lipinski definition) is 3. The van der Waals surface area contributed by atoms with E-state index in [1.54, 1.807) is 0 Å². The highest BCUT2D eigenvalue weighted by molar-refractivity contribution is 5.82. The highest BCUT2D eigenvalue weighted by Gasteiger charge is 2.22. The van der Waals surface area contributed by atoms with Crippen LogP contribution in [0.1, 0.15) is 46.5 Å². The summed E-state index contributed by atoms with van der Waals surface area (Å²) in [4.78, 5) is 22.4. The summed E-state index contributed by atoms with van der Waals surface area (Å²) in [6.07, 6.45) is 2.26. The van der Waals surface area contributed by atoms with Crippen LogP contribution in [-0.2, 0) is 9.59 Å². The topological polar surface area (TPSA) is 92.4 Å². The van der Waals surface area contributed by atoms with Crippen molar-refractivity contribution in [1.82, 2.24) is 5.32 Å². The van der Waals surface area contributed by atoms with Crippen LogP contribution < -0.4 is 11.1 Å². The van der Waals surface area contributed by atoms with Crippen LogP contribution in [0.15, 0.2) is 0 Å². The number of rotatable bonds is 8. The van der Waals surface area contributed by atoms with E-state index in [2.05, 4.69) is 5.32 Å². The van der Waals surface area contributed by atoms with E-state index >= 15 is 0 Å². The first kappa shape index (κ1) is 15.9. The number of carboxylic acids is 1. The van der Waals surface area contributed by atoms with Crippen molar-refractivity contribution in [2.45, 2.75) is 58.5 Å². The molecule has 0 aliphatic carbocycles. The van der Waals surface area contributed by atoms with Gasteiger partial charge >= 0.3 is 5.97 Å². The van der Waals surface area contributed by atoms with Crippen molar-refractivity contribution in [3.63, 3.8) is 0 Å². The number of carbonyl (C=O) groups excluding carboxylic acids is 1. The largest absolute Gasteiger partial charge is 0.481 e. The Bertz CT molecular complexity index is 256. The van der Waals surface area contributed by atoms with Gasteiger partial charge in [0.25, 0.3) is 0 Å². The SMILES string of the molecule is CCCC(CC(=O)O)NC(=O)[C@@H](N)[C@@H](C)CC. The number of nitrogens with one attached hydrogen (secondary N) is 1. The normalized spacial score (nSPS) is 16.0. The lowest BCUT2D eigenvalue weighted by Gasteiger charge is -2.22. The lowest BCUT2D eigenvalue weighted by molar-refractivity contribution is -0.137. The van der Waals surface area contributed by atoms with E-state index in [1.165, 1.54) is 0 Å². The highest BCUT2D eigenvalue weighted by atomic mass is 16.4. The predicted octanol–water partition coefficient (Wildman–Crippen LogP) is 1.12. The van der Waals surface area contributed by atoms with Gasteiger partial charge < -0.3 is 16.2 Å². The van der Waals surface area contributed by atoms with Crippen molar-refractivity contribution in [3.05, 3.63) is 0 Å². The van der Waals surface area contributed by atoms with E-state index in [0.29, 0.717) is 6.42 Å². The summed E-state index contributed by atoms with van der Waals surface area (Å²) in [6.45, 7) is 5.84. The predicted molar refractivity (Wildman–Crippen MR) is 66.5 cm³/mol. The van der Waals surface area contributed by atoms with E-state index in [1.807, 2.05) is 20.8 Å². The molecule has 5 heteroatoms. The van der Waals surface area contributed by atoms with Crippen LogP contribution in [0, 0.1) is 5.92 Å². The quantitative estimate of drug-likeness (QED) is 0.596. The molecule has 0 aromatic heterocycles. The number of aliphatic carboxylic acids is 1. The number of carboxylic acid groups (broad SMARTS) is 1. The molecule has 100 valence electrons. The van der Waals surface area contributed by atoms with Gasteiger partial charge in [0.05, 0.1) is 12.5 Å². The van der Waals surface area contributed by atoms with Crippen LogP contribution in [0.5, 0.6) is 0 Å². The lowest BCUT2D eigenvalue weighted by atomic mass is 9.98. The number of hydrogen-bond donors (Lipinski definition) is 3. The van der Waals surface area contributed by atoms with Crippen molar-refractivity contribution in [1.29, 1.82) is 0 Å². The van der Waals surface area contributed by atoms with Gasteiger partial charge in [0.2, 0.25) is 5.91 Å². The maximum Gasteiger partial charge on any atom is 0.305 e. The van der Waals surface area contributed by atoms with Gasteiger partial charge in [-0.3, -0.25) is 9.59 Å². The fourth-order valence-corrected chi connectivity index (χ4v) is 1.59. The average Bonchev–Trinajstić information content (AvgIpc) is 2.26. The molecular weight excluding hydrogens is 220 g/mol. The standard InChI is InChI=1S/C12H24N2O3/c1-4-6-9(7-10(15)16)14-12(17)11(13)8(3)5-2/h8-9,11H,4-7,13H2,1-3H3,(H,14,17)(H,15,16)/t8-,9?,11-/m0/s1. The lowest BCUT2D eigenvalue weighted by Crippen LogP contribution is -2.48. The third kappa shape index (κ3) is 6.26. The maximum atomic E-state index is 11.8. The second kappa shape index (κ2) is 8.06. The smallest absolute Gasteiger partial charge is 0.305 e. The molecule has 1 unspecified atom stereocenters. The number of amides is 1. The molecule has 4 N–H and O–H groups in total. The van der Waals surface area contributed by atoms with Crippen molar-refractivity contribution >= 4 is 11.9 Å². The Hall–Kier alpha value is -1.10. The molecule has 5 nitrogen and oxygen atoms in total. The zero-order chi connectivity index (χ0) is 13.4. The molecule has 0 aliphatic rings. The zero-order valence-electron chi connectivity index (χ0n) is 10.9. The van der Waals surface area contributed by atoms with E-state index in [9.17, 15) is 9.59 Å². The summed E-state index contributed by atoms with van der Waals surface area (Å²) in [5.74, 6) is -1.05.